The van der Waals surface area contributed by atoms with Crippen LogP contribution in [0.25, 0.3) is 0 Å². The van der Waals surface area contributed by atoms with Gasteiger partial charge < -0.3 is 9.47 Å². The predicted octanol–water partition coefficient (Wildman–Crippen LogP) is 0.786. The Balaban J connectivity index is 1.81. The minimum Gasteiger partial charge on any atom is -0.489 e. The van der Waals surface area contributed by atoms with Crippen LogP contribution in [0.3, 0.4) is 0 Å². The second-order valence-electron chi connectivity index (χ2n) is 6.31. The van der Waals surface area contributed by atoms with Gasteiger partial charge in [-0.05, 0) is 25.0 Å². The average molecular weight is 369 g/mol. The molecular weight excluding hydrogens is 349 g/mol. The van der Waals surface area contributed by atoms with Crippen molar-refractivity contribution in [3.63, 3.8) is 0 Å². The maximum Gasteiger partial charge on any atom is 0.241 e. The monoisotopic (exact) mass is 369 g/mol. The molecule has 25 heavy (non-hydrogen) atoms. The van der Waals surface area contributed by atoms with Gasteiger partial charge >= 0.3 is 0 Å². The number of hydrogen-bond acceptors (Lipinski definition) is 6. The fourth-order valence-corrected chi connectivity index (χ4v) is 3.93. The van der Waals surface area contributed by atoms with Gasteiger partial charge in [-0.3, -0.25) is 4.90 Å². The van der Waals surface area contributed by atoms with Crippen molar-refractivity contribution in [2.45, 2.75) is 36.0 Å². The standard InChI is InChI=1S/C16H20FN3O4S/c17-12-4-5-20(14-8-23-9-14)13(6-12)10-24-16-11(7-18)2-1-3-15(16)25(19,21)22/h1-3,12-14H,4-6,8-10H2,(H2,19,21,22). The Kier molecular flexibility index (Phi) is 5.24. The molecule has 0 saturated carbocycles. The summed E-state index contributed by atoms with van der Waals surface area (Å²) in [6.45, 7) is 1.89. The number of sulfonamides is 1. The first-order chi connectivity index (χ1) is 11.9. The molecule has 9 heteroatoms. The third kappa shape index (κ3) is 3.93. The van der Waals surface area contributed by atoms with Crippen molar-refractivity contribution >= 4 is 10.0 Å². The van der Waals surface area contributed by atoms with Crippen LogP contribution in [0.1, 0.15) is 18.4 Å². The Bertz CT molecular complexity index is 776. The van der Waals surface area contributed by atoms with Gasteiger partial charge in [0.25, 0.3) is 0 Å². The summed E-state index contributed by atoms with van der Waals surface area (Å²) in [5.74, 6) is -0.0710. The third-order valence-corrected chi connectivity index (χ3v) is 5.55. The highest BCUT2D eigenvalue weighted by molar-refractivity contribution is 7.89. The van der Waals surface area contributed by atoms with Gasteiger partial charge in [0.05, 0.1) is 24.8 Å². The number of nitrogens with two attached hydrogens (primary N) is 1. The van der Waals surface area contributed by atoms with Gasteiger partial charge in [-0.2, -0.15) is 5.26 Å². The summed E-state index contributed by atoms with van der Waals surface area (Å²) < 4.78 is 48.3. The highest BCUT2D eigenvalue weighted by Gasteiger charge is 2.37. The Morgan fingerprint density at radius 1 is 1.44 bits per heavy atom. The molecule has 2 heterocycles. The molecule has 1 aromatic rings. The summed E-state index contributed by atoms with van der Waals surface area (Å²) in [7, 11) is -4.04. The Morgan fingerprint density at radius 2 is 2.20 bits per heavy atom. The molecule has 2 saturated heterocycles. The van der Waals surface area contributed by atoms with Crippen LogP contribution in [0.5, 0.6) is 5.75 Å². The number of benzene rings is 1. The van der Waals surface area contributed by atoms with Gasteiger partial charge in [0.1, 0.15) is 23.7 Å². The third-order valence-electron chi connectivity index (χ3n) is 4.61. The minimum atomic E-state index is -4.04. The predicted molar refractivity (Wildman–Crippen MR) is 87.3 cm³/mol. The van der Waals surface area contributed by atoms with Crippen molar-refractivity contribution in [2.75, 3.05) is 26.4 Å². The van der Waals surface area contributed by atoms with Crippen molar-refractivity contribution in [3.8, 4) is 11.8 Å². The van der Waals surface area contributed by atoms with Gasteiger partial charge in [0.15, 0.2) is 5.75 Å². The van der Waals surface area contributed by atoms with E-state index in [4.69, 9.17) is 14.6 Å². The molecular formula is C16H20FN3O4S. The second kappa shape index (κ2) is 7.25. The van der Waals surface area contributed by atoms with E-state index in [-0.39, 0.29) is 34.9 Å². The van der Waals surface area contributed by atoms with Crippen molar-refractivity contribution in [2.24, 2.45) is 5.14 Å². The maximum atomic E-state index is 13.9. The van der Waals surface area contributed by atoms with E-state index in [1.54, 1.807) is 0 Å². The van der Waals surface area contributed by atoms with Gasteiger partial charge in [-0.1, -0.05) is 6.07 Å². The van der Waals surface area contributed by atoms with Crippen LogP contribution in [-0.4, -0.2) is 57.9 Å². The molecule has 1 aromatic carbocycles. The summed E-state index contributed by atoms with van der Waals surface area (Å²) in [6.07, 6.45) is -0.157. The molecule has 2 aliphatic heterocycles. The molecule has 0 spiro atoms. The zero-order chi connectivity index (χ0) is 18.0. The van der Waals surface area contributed by atoms with Crippen molar-refractivity contribution in [1.82, 2.24) is 4.90 Å². The van der Waals surface area contributed by atoms with Gasteiger partial charge in [-0.15, -0.1) is 0 Å². The lowest BCUT2D eigenvalue weighted by molar-refractivity contribution is -0.0996. The van der Waals surface area contributed by atoms with Crippen molar-refractivity contribution in [3.05, 3.63) is 23.8 Å². The van der Waals surface area contributed by atoms with Crippen LogP contribution in [0.15, 0.2) is 23.1 Å². The summed E-state index contributed by atoms with van der Waals surface area (Å²) in [4.78, 5) is 1.91. The summed E-state index contributed by atoms with van der Waals surface area (Å²) in [6, 6.07) is 6.11. The number of hydrogen-bond donors (Lipinski definition) is 1. The van der Waals surface area contributed by atoms with Gasteiger partial charge in [0.2, 0.25) is 10.0 Å². The number of likely N-dealkylation sites (tertiary alicyclic amines) is 1. The average Bonchev–Trinajstić information content (AvgIpc) is 2.52. The summed E-state index contributed by atoms with van der Waals surface area (Å²) in [5, 5.41) is 14.4. The SMILES string of the molecule is N#Cc1cccc(S(N)(=O)=O)c1OCC1CC(F)CCN1C1COC1. The normalized spacial score (nSPS) is 25.2. The molecule has 0 bridgehead atoms. The fourth-order valence-electron chi connectivity index (χ4n) is 3.24. The summed E-state index contributed by atoms with van der Waals surface area (Å²) in [5.41, 5.74) is 0.0812. The van der Waals surface area contributed by atoms with E-state index in [2.05, 4.69) is 4.90 Å². The van der Waals surface area contributed by atoms with Gasteiger partial charge in [-0.25, -0.2) is 17.9 Å². The van der Waals surface area contributed by atoms with E-state index in [0.29, 0.717) is 32.6 Å². The quantitative estimate of drug-likeness (QED) is 0.822. The molecule has 2 N–H and O–H groups in total. The van der Waals surface area contributed by atoms with Crippen molar-refractivity contribution in [1.29, 1.82) is 5.26 Å². The largest absolute Gasteiger partial charge is 0.489 e. The number of nitrogens with zero attached hydrogens (tertiary/aromatic N) is 2. The Morgan fingerprint density at radius 3 is 2.80 bits per heavy atom. The molecule has 0 amide bonds. The van der Waals surface area contributed by atoms with Crippen LogP contribution in [0.4, 0.5) is 4.39 Å². The van der Waals surface area contributed by atoms with Crippen molar-refractivity contribution < 1.29 is 22.3 Å². The molecule has 2 aliphatic rings. The van der Waals surface area contributed by atoms with Gasteiger partial charge in [0, 0.05) is 12.6 Å². The number of primary sulfonamides is 1. The molecule has 7 nitrogen and oxygen atoms in total. The lowest BCUT2D eigenvalue weighted by Gasteiger charge is -2.45. The zero-order valence-electron chi connectivity index (χ0n) is 13.6. The van der Waals surface area contributed by atoms with Crippen LogP contribution in [-0.2, 0) is 14.8 Å². The molecule has 2 unspecified atom stereocenters. The lowest BCUT2D eigenvalue weighted by atomic mass is 9.98. The van der Waals surface area contributed by atoms with E-state index < -0.39 is 16.2 Å². The number of halogens is 1. The number of alkyl halides is 1. The van der Waals surface area contributed by atoms with E-state index >= 15 is 0 Å². The smallest absolute Gasteiger partial charge is 0.241 e. The number of para-hydroxylation sites is 1. The molecule has 136 valence electrons. The topological polar surface area (TPSA) is 106 Å². The second-order valence-corrected chi connectivity index (χ2v) is 7.84. The Hall–Kier alpha value is -1.73. The lowest BCUT2D eigenvalue weighted by Crippen LogP contribution is -2.58. The number of nitriles is 1. The molecule has 0 aromatic heterocycles. The number of rotatable bonds is 5. The number of piperidine rings is 1. The molecule has 3 rings (SSSR count). The first-order valence-corrected chi connectivity index (χ1v) is 9.61. The number of ether oxygens (including phenoxy) is 2. The first-order valence-electron chi connectivity index (χ1n) is 8.06. The molecule has 2 atom stereocenters. The van der Waals surface area contributed by atoms with E-state index in [9.17, 15) is 18.1 Å². The Labute approximate surface area is 146 Å². The van der Waals surface area contributed by atoms with Crippen LogP contribution >= 0.6 is 0 Å². The fraction of sp³-hybridized carbons (Fsp3) is 0.562. The summed E-state index contributed by atoms with van der Waals surface area (Å²) >= 11 is 0. The first kappa shape index (κ1) is 18.1. The van der Waals surface area contributed by atoms with Crippen LogP contribution in [0, 0.1) is 11.3 Å². The van der Waals surface area contributed by atoms with E-state index in [1.165, 1.54) is 18.2 Å². The van der Waals surface area contributed by atoms with Crippen LogP contribution < -0.4 is 9.88 Å². The molecule has 0 radical (unpaired) electrons. The molecule has 2 fully saturated rings. The minimum absolute atomic E-state index is 0.0710. The highest BCUT2D eigenvalue weighted by Crippen LogP contribution is 2.30. The molecule has 0 aliphatic carbocycles. The highest BCUT2D eigenvalue weighted by atomic mass is 32.2. The van der Waals surface area contributed by atoms with E-state index in [1.807, 2.05) is 6.07 Å². The zero-order valence-corrected chi connectivity index (χ0v) is 14.4. The maximum absolute atomic E-state index is 13.9. The van der Waals surface area contributed by atoms with E-state index in [0.717, 1.165) is 0 Å². The van der Waals surface area contributed by atoms with Crippen LogP contribution in [0.2, 0.25) is 0 Å².